The Kier molecular flexibility index (Phi) is 6.01. The number of halogens is 1. The third-order valence-electron chi connectivity index (χ3n) is 4.69. The number of hydrogen-bond acceptors (Lipinski definition) is 4. The van der Waals surface area contributed by atoms with E-state index in [0.29, 0.717) is 13.2 Å². The number of hydrogen-bond donors (Lipinski definition) is 1. The lowest BCUT2D eigenvalue weighted by Gasteiger charge is -2.30. The number of para-hydroxylation sites is 1. The minimum atomic E-state index is -0.0177. The van der Waals surface area contributed by atoms with Crippen molar-refractivity contribution in [3.63, 3.8) is 0 Å². The number of nitrogens with zero attached hydrogens (tertiary/aromatic N) is 1. The summed E-state index contributed by atoms with van der Waals surface area (Å²) in [5.74, 6) is 1.60. The molecule has 2 aromatic rings. The summed E-state index contributed by atoms with van der Waals surface area (Å²) in [6.45, 7) is 3.02. The summed E-state index contributed by atoms with van der Waals surface area (Å²) in [5, 5.41) is 3.42. The predicted octanol–water partition coefficient (Wildman–Crippen LogP) is 2.60. The lowest BCUT2D eigenvalue weighted by molar-refractivity contribution is -0.121. The van der Waals surface area contributed by atoms with Gasteiger partial charge in [-0.3, -0.25) is 4.79 Å². The van der Waals surface area contributed by atoms with Crippen LogP contribution in [0.3, 0.4) is 0 Å². The summed E-state index contributed by atoms with van der Waals surface area (Å²) in [6, 6.07) is 13.9. The van der Waals surface area contributed by atoms with Gasteiger partial charge in [-0.2, -0.15) is 0 Å². The highest BCUT2D eigenvalue weighted by molar-refractivity contribution is 5.98. The summed E-state index contributed by atoms with van der Waals surface area (Å²) < 4.78 is 11.4. The van der Waals surface area contributed by atoms with Crippen LogP contribution in [-0.2, 0) is 17.6 Å². The van der Waals surface area contributed by atoms with Crippen molar-refractivity contribution >= 4 is 24.0 Å². The fourth-order valence-corrected chi connectivity index (χ4v) is 3.39. The topological polar surface area (TPSA) is 50.8 Å². The summed E-state index contributed by atoms with van der Waals surface area (Å²) in [4.78, 5) is 14.2. The molecule has 0 saturated heterocycles. The van der Waals surface area contributed by atoms with Crippen LogP contribution in [-0.4, -0.2) is 38.8 Å². The summed E-state index contributed by atoms with van der Waals surface area (Å²) >= 11 is 0. The molecule has 0 atom stereocenters. The Hall–Kier alpha value is -2.24. The van der Waals surface area contributed by atoms with Crippen molar-refractivity contribution in [3.05, 3.63) is 53.6 Å². The van der Waals surface area contributed by atoms with Gasteiger partial charge < -0.3 is 19.7 Å². The van der Waals surface area contributed by atoms with Gasteiger partial charge in [0.25, 0.3) is 5.91 Å². The fourth-order valence-electron chi connectivity index (χ4n) is 3.39. The van der Waals surface area contributed by atoms with Gasteiger partial charge in [0, 0.05) is 0 Å². The Morgan fingerprint density at radius 3 is 2.58 bits per heavy atom. The molecule has 26 heavy (non-hydrogen) atoms. The van der Waals surface area contributed by atoms with E-state index < -0.39 is 0 Å². The van der Waals surface area contributed by atoms with Crippen LogP contribution in [0, 0.1) is 0 Å². The zero-order valence-electron chi connectivity index (χ0n) is 14.6. The molecular weight excluding hydrogens is 352 g/mol. The lowest BCUT2D eigenvalue weighted by atomic mass is 10.0. The largest absolute Gasteiger partial charge is 0.492 e. The van der Waals surface area contributed by atoms with E-state index in [1.165, 1.54) is 11.1 Å². The van der Waals surface area contributed by atoms with Gasteiger partial charge in [0.05, 0.1) is 12.2 Å². The molecule has 0 spiro atoms. The molecule has 2 aliphatic rings. The molecule has 4 rings (SSSR count). The van der Waals surface area contributed by atoms with Crippen LogP contribution >= 0.6 is 12.4 Å². The van der Waals surface area contributed by atoms with Gasteiger partial charge in [0.15, 0.2) is 6.61 Å². The smallest absolute Gasteiger partial charge is 0.265 e. The molecule has 0 radical (unpaired) electrons. The van der Waals surface area contributed by atoms with Gasteiger partial charge in [-0.1, -0.05) is 18.2 Å². The van der Waals surface area contributed by atoms with Gasteiger partial charge >= 0.3 is 0 Å². The molecule has 0 bridgehead atoms. The molecule has 5 nitrogen and oxygen atoms in total. The normalized spacial score (nSPS) is 15.8. The van der Waals surface area contributed by atoms with Gasteiger partial charge in [0.1, 0.15) is 18.1 Å². The Morgan fingerprint density at radius 1 is 1.08 bits per heavy atom. The monoisotopic (exact) mass is 374 g/mol. The number of nitrogens with one attached hydrogen (secondary N) is 1. The van der Waals surface area contributed by atoms with Crippen molar-refractivity contribution in [2.45, 2.75) is 12.8 Å². The van der Waals surface area contributed by atoms with E-state index in [2.05, 4.69) is 17.4 Å². The van der Waals surface area contributed by atoms with Crippen LogP contribution in [0.1, 0.15) is 11.1 Å². The van der Waals surface area contributed by atoms with Crippen molar-refractivity contribution in [2.75, 3.05) is 37.7 Å². The molecule has 6 heteroatoms. The average molecular weight is 375 g/mol. The minimum Gasteiger partial charge on any atom is -0.492 e. The highest BCUT2D eigenvalue weighted by Crippen LogP contribution is 2.35. The number of fused-ring (bicyclic) bond motifs is 2. The second-order valence-corrected chi connectivity index (χ2v) is 6.33. The Balaban J connectivity index is 0.00000196. The van der Waals surface area contributed by atoms with Crippen LogP contribution < -0.4 is 19.7 Å². The number of carbonyl (C=O) groups excluding carboxylic acids is 1. The maximum atomic E-state index is 12.4. The molecule has 0 aromatic heterocycles. The zero-order valence-corrected chi connectivity index (χ0v) is 15.4. The van der Waals surface area contributed by atoms with Gasteiger partial charge in [0.2, 0.25) is 0 Å². The SMILES string of the molecule is Cl.O=C1COc2cc3c(cc2N1CCOc1ccccc1)CCNCC3. The third-order valence-corrected chi connectivity index (χ3v) is 4.69. The van der Waals surface area contributed by atoms with Crippen LogP contribution in [0.5, 0.6) is 11.5 Å². The summed E-state index contributed by atoms with van der Waals surface area (Å²) in [6.07, 6.45) is 1.97. The first-order chi connectivity index (χ1) is 12.3. The van der Waals surface area contributed by atoms with Crippen molar-refractivity contribution in [1.82, 2.24) is 5.32 Å². The van der Waals surface area contributed by atoms with E-state index in [0.717, 1.165) is 43.1 Å². The second-order valence-electron chi connectivity index (χ2n) is 6.33. The third kappa shape index (κ3) is 3.94. The molecular formula is C20H23ClN2O3. The number of ether oxygens (including phenoxy) is 2. The van der Waals surface area contributed by atoms with E-state index in [1.54, 1.807) is 4.90 Å². The van der Waals surface area contributed by atoms with Gasteiger partial charge in [-0.15, -0.1) is 12.4 Å². The van der Waals surface area contributed by atoms with Gasteiger partial charge in [-0.25, -0.2) is 0 Å². The second kappa shape index (κ2) is 8.43. The quantitative estimate of drug-likeness (QED) is 0.893. The zero-order chi connectivity index (χ0) is 17.1. The lowest BCUT2D eigenvalue weighted by Crippen LogP contribution is -2.41. The Morgan fingerprint density at radius 2 is 1.81 bits per heavy atom. The highest BCUT2D eigenvalue weighted by Gasteiger charge is 2.27. The first-order valence-corrected chi connectivity index (χ1v) is 8.79. The van der Waals surface area contributed by atoms with Crippen molar-refractivity contribution in [2.24, 2.45) is 0 Å². The maximum absolute atomic E-state index is 12.4. The molecule has 2 heterocycles. The molecule has 0 unspecified atom stereocenters. The van der Waals surface area contributed by atoms with E-state index in [-0.39, 0.29) is 24.9 Å². The number of amides is 1. The van der Waals surface area contributed by atoms with E-state index in [9.17, 15) is 4.79 Å². The minimum absolute atomic E-state index is 0. The Labute approximate surface area is 159 Å². The molecule has 1 N–H and O–H groups in total. The molecule has 1 amide bonds. The first kappa shape index (κ1) is 18.5. The summed E-state index contributed by atoms with van der Waals surface area (Å²) in [7, 11) is 0. The molecule has 0 saturated carbocycles. The predicted molar refractivity (Wildman–Crippen MR) is 104 cm³/mol. The average Bonchev–Trinajstić information content (AvgIpc) is 2.88. The van der Waals surface area contributed by atoms with Gasteiger partial charge in [-0.05, 0) is 61.3 Å². The Bertz CT molecular complexity index is 767. The van der Waals surface area contributed by atoms with E-state index >= 15 is 0 Å². The summed E-state index contributed by atoms with van der Waals surface area (Å²) in [5.41, 5.74) is 3.49. The van der Waals surface area contributed by atoms with E-state index in [1.807, 2.05) is 30.3 Å². The van der Waals surface area contributed by atoms with E-state index in [4.69, 9.17) is 9.47 Å². The van der Waals surface area contributed by atoms with Crippen LogP contribution in [0.15, 0.2) is 42.5 Å². The number of carbonyl (C=O) groups is 1. The molecule has 0 fully saturated rings. The molecule has 2 aliphatic heterocycles. The molecule has 2 aromatic carbocycles. The van der Waals surface area contributed by atoms with Crippen molar-refractivity contribution < 1.29 is 14.3 Å². The molecule has 0 aliphatic carbocycles. The first-order valence-electron chi connectivity index (χ1n) is 8.79. The van der Waals surface area contributed by atoms with Crippen LogP contribution in [0.25, 0.3) is 0 Å². The standard InChI is InChI=1S/C20H22N2O3.ClH/c23-20-14-25-19-13-16-7-9-21-8-6-15(16)12-18(19)22(20)10-11-24-17-4-2-1-3-5-17;/h1-5,12-13,21H,6-11,14H2;1H. The number of rotatable bonds is 4. The van der Waals surface area contributed by atoms with Crippen LogP contribution in [0.2, 0.25) is 0 Å². The van der Waals surface area contributed by atoms with Crippen LogP contribution in [0.4, 0.5) is 5.69 Å². The maximum Gasteiger partial charge on any atom is 0.265 e. The van der Waals surface area contributed by atoms with Crippen molar-refractivity contribution in [3.8, 4) is 11.5 Å². The van der Waals surface area contributed by atoms with Crippen molar-refractivity contribution in [1.29, 1.82) is 0 Å². The number of benzene rings is 2. The molecule has 138 valence electrons. The highest BCUT2D eigenvalue weighted by atomic mass is 35.5. The fraction of sp³-hybridized carbons (Fsp3) is 0.350. The number of anilines is 1.